The van der Waals surface area contributed by atoms with E-state index < -0.39 is 103 Å². The normalized spacial score (nSPS) is 13.9. The lowest BCUT2D eigenvalue weighted by Crippen LogP contribution is -2.59. The Morgan fingerprint density at radius 2 is 1.16 bits per heavy atom. The molecular weight excluding hydrogens is 624 g/mol. The lowest BCUT2D eigenvalue weighted by Gasteiger charge is -2.25. The third kappa shape index (κ3) is 17.9. The van der Waals surface area contributed by atoms with Crippen LogP contribution in [0.2, 0.25) is 0 Å². The van der Waals surface area contributed by atoms with Crippen LogP contribution in [-0.2, 0) is 38.4 Å². The van der Waals surface area contributed by atoms with Gasteiger partial charge in [-0.15, -0.1) is 0 Å². The molecule has 21 heteroatoms. The fraction of sp³-hybridized carbons (Fsp3) is 0.625. The molecule has 0 fully saturated rings. The van der Waals surface area contributed by atoms with Crippen molar-refractivity contribution in [2.75, 3.05) is 18.6 Å². The third-order valence-corrected chi connectivity index (χ3v) is 6.52. The fourth-order valence-corrected chi connectivity index (χ4v) is 4.05. The molecule has 0 aromatic rings. The van der Waals surface area contributed by atoms with E-state index in [1.165, 1.54) is 11.8 Å². The van der Waals surface area contributed by atoms with Crippen molar-refractivity contribution < 1.29 is 58.8 Å². The van der Waals surface area contributed by atoms with Crippen molar-refractivity contribution in [2.45, 2.75) is 75.2 Å². The number of carbonyl (C=O) groups is 8. The average molecular weight is 665 g/mol. The lowest BCUT2D eigenvalue weighted by atomic mass is 10.1. The summed E-state index contributed by atoms with van der Waals surface area (Å²) in [4.78, 5) is 96.9. The summed E-state index contributed by atoms with van der Waals surface area (Å²) in [7, 11) is 0. The summed E-state index contributed by atoms with van der Waals surface area (Å²) in [5, 5.41) is 55.0. The molecule has 20 nitrogen and oxygen atoms in total. The van der Waals surface area contributed by atoms with Gasteiger partial charge in [-0.05, 0) is 37.7 Å². The number of thioether (sulfide) groups is 1. The number of carboxylic acids is 4. The number of hydrogen-bond acceptors (Lipinski definition) is 11. The molecular formula is C24H40N8O12S. The van der Waals surface area contributed by atoms with Gasteiger partial charge in [0.05, 0.1) is 18.9 Å². The van der Waals surface area contributed by atoms with Crippen molar-refractivity contribution in [3.8, 4) is 0 Å². The third-order valence-electron chi connectivity index (χ3n) is 5.87. The molecule has 0 aliphatic rings. The van der Waals surface area contributed by atoms with Gasteiger partial charge in [-0.1, -0.05) is 0 Å². The SMILES string of the molecule is CSCC[C@H](N)C(=O)N[C@@H](CCC(=O)O)C(=O)N[C@@H](CC(=O)O)C(=O)N[C@@H](CC(=O)O)C(=O)N[C@@H](CCCNC(=N)N)C(=O)O. The van der Waals surface area contributed by atoms with Crippen molar-refractivity contribution in [3.05, 3.63) is 0 Å². The van der Waals surface area contributed by atoms with Crippen LogP contribution in [0.25, 0.3) is 0 Å². The number of hydrogen-bond donors (Lipinski definition) is 12. The van der Waals surface area contributed by atoms with Crippen LogP contribution in [0.3, 0.4) is 0 Å². The van der Waals surface area contributed by atoms with Crippen LogP contribution >= 0.6 is 11.8 Å². The van der Waals surface area contributed by atoms with Crippen molar-refractivity contribution in [1.29, 1.82) is 5.41 Å². The molecule has 0 aliphatic carbocycles. The number of carbonyl (C=O) groups excluding carboxylic acids is 4. The highest BCUT2D eigenvalue weighted by Crippen LogP contribution is 2.06. The fourth-order valence-electron chi connectivity index (χ4n) is 3.56. The summed E-state index contributed by atoms with van der Waals surface area (Å²) in [6.45, 7) is 0.0818. The Morgan fingerprint density at radius 1 is 0.689 bits per heavy atom. The summed E-state index contributed by atoms with van der Waals surface area (Å²) in [6, 6.07) is -8.04. The Kier molecular flexibility index (Phi) is 18.9. The molecule has 0 heterocycles. The van der Waals surface area contributed by atoms with Crippen LogP contribution in [0.15, 0.2) is 0 Å². The summed E-state index contributed by atoms with van der Waals surface area (Å²) in [5.74, 6) is -10.5. The van der Waals surface area contributed by atoms with E-state index in [9.17, 15) is 53.7 Å². The van der Waals surface area contributed by atoms with E-state index in [4.69, 9.17) is 22.0 Å². The summed E-state index contributed by atoms with van der Waals surface area (Å²) in [6.07, 6.45) is -1.29. The van der Waals surface area contributed by atoms with Gasteiger partial charge in [0, 0.05) is 13.0 Å². The molecule has 0 bridgehead atoms. The standard InChI is InChI=1S/C24H40N8O12S/c1-45-8-6-11(25)19(39)29-12(4-5-16(33)34)20(40)31-15(10-18(37)38)22(42)32-14(9-17(35)36)21(41)30-13(23(43)44)3-2-7-28-24(26)27/h11-15H,2-10,25H2,1H3,(H,29,39)(H,30,41)(H,31,40)(H,32,42)(H,33,34)(H,35,36)(H,37,38)(H,43,44)(H4,26,27,28)/t11-,12-,13-,14-,15-/m0/s1. The predicted octanol–water partition coefficient (Wildman–Crippen LogP) is -3.83. The van der Waals surface area contributed by atoms with Gasteiger partial charge in [-0.25, -0.2) is 4.79 Å². The number of nitrogens with one attached hydrogen (secondary N) is 6. The van der Waals surface area contributed by atoms with Crippen LogP contribution in [0.5, 0.6) is 0 Å². The number of rotatable bonds is 23. The van der Waals surface area contributed by atoms with Gasteiger partial charge in [0.2, 0.25) is 23.6 Å². The van der Waals surface area contributed by atoms with Crippen LogP contribution in [0.4, 0.5) is 0 Å². The molecule has 0 radical (unpaired) electrons. The first-order valence-corrected chi connectivity index (χ1v) is 14.8. The maximum absolute atomic E-state index is 13.0. The Morgan fingerprint density at radius 3 is 1.58 bits per heavy atom. The van der Waals surface area contributed by atoms with Crippen LogP contribution < -0.4 is 38.1 Å². The van der Waals surface area contributed by atoms with Crippen molar-refractivity contribution in [1.82, 2.24) is 26.6 Å². The van der Waals surface area contributed by atoms with E-state index in [2.05, 4.69) is 21.3 Å². The van der Waals surface area contributed by atoms with Gasteiger partial charge >= 0.3 is 23.9 Å². The van der Waals surface area contributed by atoms with Crippen molar-refractivity contribution >= 4 is 65.2 Å². The maximum Gasteiger partial charge on any atom is 0.326 e. The molecule has 0 saturated heterocycles. The molecule has 4 amide bonds. The van der Waals surface area contributed by atoms with E-state index in [1.54, 1.807) is 6.26 Å². The highest BCUT2D eigenvalue weighted by atomic mass is 32.2. The van der Waals surface area contributed by atoms with E-state index >= 15 is 0 Å². The molecule has 0 aliphatic heterocycles. The Hall–Kier alpha value is -4.66. The highest BCUT2D eigenvalue weighted by molar-refractivity contribution is 7.98. The molecule has 0 spiro atoms. The zero-order chi connectivity index (χ0) is 34.7. The van der Waals surface area contributed by atoms with Gasteiger partial charge in [0.25, 0.3) is 0 Å². The molecule has 0 aromatic carbocycles. The summed E-state index contributed by atoms with van der Waals surface area (Å²) in [5.41, 5.74) is 10.9. The predicted molar refractivity (Wildman–Crippen MR) is 157 cm³/mol. The second kappa shape index (κ2) is 21.1. The minimum Gasteiger partial charge on any atom is -0.481 e. The first kappa shape index (κ1) is 40.3. The first-order chi connectivity index (χ1) is 21.0. The number of aliphatic carboxylic acids is 4. The van der Waals surface area contributed by atoms with Crippen LogP contribution in [-0.4, -0.2) is 123 Å². The zero-order valence-electron chi connectivity index (χ0n) is 24.4. The smallest absolute Gasteiger partial charge is 0.326 e. The first-order valence-electron chi connectivity index (χ1n) is 13.4. The molecule has 254 valence electrons. The molecule has 14 N–H and O–H groups in total. The molecule has 5 atom stereocenters. The van der Waals surface area contributed by atoms with Gasteiger partial charge in [0.1, 0.15) is 24.2 Å². The molecule has 0 aromatic heterocycles. The van der Waals surface area contributed by atoms with E-state index in [1.807, 2.05) is 5.32 Å². The zero-order valence-corrected chi connectivity index (χ0v) is 25.2. The molecule has 0 unspecified atom stereocenters. The van der Waals surface area contributed by atoms with Crippen LogP contribution in [0, 0.1) is 5.41 Å². The quantitative estimate of drug-likeness (QED) is 0.0283. The average Bonchev–Trinajstić information content (AvgIpc) is 2.93. The van der Waals surface area contributed by atoms with Gasteiger partial charge in [-0.2, -0.15) is 11.8 Å². The second-order valence-electron chi connectivity index (χ2n) is 9.58. The Balaban J connectivity index is 5.86. The van der Waals surface area contributed by atoms with E-state index in [0.717, 1.165) is 0 Å². The Labute approximate surface area is 261 Å². The minimum atomic E-state index is -1.94. The van der Waals surface area contributed by atoms with Crippen LogP contribution in [0.1, 0.15) is 44.9 Å². The number of carboxylic acid groups (broad SMARTS) is 4. The van der Waals surface area contributed by atoms with Gasteiger partial charge in [-0.3, -0.25) is 39.0 Å². The lowest BCUT2D eigenvalue weighted by molar-refractivity contribution is -0.145. The molecule has 0 rings (SSSR count). The molecule has 0 saturated carbocycles. The number of amides is 4. The van der Waals surface area contributed by atoms with Gasteiger partial charge < -0.3 is 58.5 Å². The largest absolute Gasteiger partial charge is 0.481 e. The second-order valence-corrected chi connectivity index (χ2v) is 10.6. The minimum absolute atomic E-state index is 0.0818. The monoisotopic (exact) mass is 664 g/mol. The maximum atomic E-state index is 13.0. The summed E-state index contributed by atoms with van der Waals surface area (Å²) < 4.78 is 0. The summed E-state index contributed by atoms with van der Waals surface area (Å²) >= 11 is 1.40. The number of guanidine groups is 1. The van der Waals surface area contributed by atoms with Gasteiger partial charge in [0.15, 0.2) is 5.96 Å². The van der Waals surface area contributed by atoms with E-state index in [0.29, 0.717) is 5.75 Å². The highest BCUT2D eigenvalue weighted by Gasteiger charge is 2.33. The Bertz CT molecular complexity index is 1110. The topological polar surface area (TPSA) is 354 Å². The van der Waals surface area contributed by atoms with Crippen molar-refractivity contribution in [3.63, 3.8) is 0 Å². The van der Waals surface area contributed by atoms with E-state index in [-0.39, 0.29) is 31.8 Å². The number of nitrogens with two attached hydrogens (primary N) is 2. The molecule has 45 heavy (non-hydrogen) atoms. The van der Waals surface area contributed by atoms with Crippen molar-refractivity contribution in [2.24, 2.45) is 11.5 Å².